The van der Waals surface area contributed by atoms with E-state index >= 15 is 0 Å². The monoisotopic (exact) mass is 243 g/mol. The molecule has 3 heteroatoms. The van der Waals surface area contributed by atoms with E-state index in [1.807, 2.05) is 12.2 Å². The summed E-state index contributed by atoms with van der Waals surface area (Å²) in [6.07, 6.45) is 8.07. The summed E-state index contributed by atoms with van der Waals surface area (Å²) < 4.78 is 18.1. The lowest BCUT2D eigenvalue weighted by molar-refractivity contribution is 0.380. The zero-order chi connectivity index (χ0) is 12.4. The van der Waals surface area contributed by atoms with Crippen LogP contribution in [-0.2, 0) is 19.3 Å². The molecule has 0 fully saturated rings. The van der Waals surface area contributed by atoms with Gasteiger partial charge in [-0.1, -0.05) is 29.4 Å². The summed E-state index contributed by atoms with van der Waals surface area (Å²) in [6.45, 7) is 0. The van der Waals surface area contributed by atoms with Crippen molar-refractivity contribution in [2.75, 3.05) is 0 Å². The number of rotatable bonds is 3. The summed E-state index contributed by atoms with van der Waals surface area (Å²) in [6, 6.07) is 6.45. The number of nitrogens with zero attached hydrogens (tertiary/aromatic N) is 1. The van der Waals surface area contributed by atoms with Gasteiger partial charge in [0.2, 0.25) is 0 Å². The van der Waals surface area contributed by atoms with Gasteiger partial charge in [-0.05, 0) is 37.0 Å². The van der Waals surface area contributed by atoms with E-state index in [0.29, 0.717) is 0 Å². The van der Waals surface area contributed by atoms with Crippen molar-refractivity contribution in [1.29, 1.82) is 0 Å². The smallest absolute Gasteiger partial charge is 0.143 e. The molecule has 3 rings (SSSR count). The summed E-state index contributed by atoms with van der Waals surface area (Å²) >= 11 is 0. The second-order valence-electron chi connectivity index (χ2n) is 4.54. The zero-order valence-corrected chi connectivity index (χ0v) is 10.0. The largest absolute Gasteiger partial charge is 0.361 e. The van der Waals surface area contributed by atoms with Crippen LogP contribution in [0.2, 0.25) is 0 Å². The quantitative estimate of drug-likeness (QED) is 0.823. The molecule has 0 unspecified atom stereocenters. The van der Waals surface area contributed by atoms with Gasteiger partial charge in [-0.3, -0.25) is 0 Å². The van der Waals surface area contributed by atoms with Crippen molar-refractivity contribution < 1.29 is 8.91 Å². The summed E-state index contributed by atoms with van der Waals surface area (Å²) in [5.74, 6) is 0.765. The van der Waals surface area contributed by atoms with Crippen LogP contribution in [0.5, 0.6) is 0 Å². The Morgan fingerprint density at radius 1 is 1.22 bits per heavy atom. The predicted octanol–water partition coefficient (Wildman–Crippen LogP) is 3.56. The second-order valence-corrected chi connectivity index (χ2v) is 4.54. The molecule has 18 heavy (non-hydrogen) atoms. The summed E-state index contributed by atoms with van der Waals surface area (Å²) in [4.78, 5) is 0. The van der Waals surface area contributed by atoms with E-state index in [-0.39, 0.29) is 5.82 Å². The van der Waals surface area contributed by atoms with Gasteiger partial charge in [0.1, 0.15) is 11.6 Å². The molecule has 1 heterocycles. The fourth-order valence-corrected chi connectivity index (χ4v) is 2.33. The van der Waals surface area contributed by atoms with Crippen molar-refractivity contribution in [3.63, 3.8) is 0 Å². The molecule has 1 aromatic heterocycles. The van der Waals surface area contributed by atoms with E-state index in [1.165, 1.54) is 24.1 Å². The number of aromatic nitrogens is 1. The zero-order valence-electron chi connectivity index (χ0n) is 10.0. The molecular weight excluding hydrogens is 229 g/mol. The van der Waals surface area contributed by atoms with E-state index < -0.39 is 0 Å². The summed E-state index contributed by atoms with van der Waals surface area (Å²) in [7, 11) is 0. The lowest BCUT2D eigenvalue weighted by Crippen LogP contribution is -1.84. The van der Waals surface area contributed by atoms with Crippen molar-refractivity contribution in [2.24, 2.45) is 0 Å². The van der Waals surface area contributed by atoms with E-state index in [1.54, 1.807) is 12.1 Å². The Morgan fingerprint density at radius 3 is 2.89 bits per heavy atom. The third kappa shape index (κ3) is 2.21. The molecule has 0 N–H and O–H groups in total. The van der Waals surface area contributed by atoms with Crippen molar-refractivity contribution in [3.05, 3.63) is 58.7 Å². The molecule has 0 bridgehead atoms. The third-order valence-electron chi connectivity index (χ3n) is 3.27. The molecule has 2 aromatic rings. The minimum absolute atomic E-state index is 0.208. The molecule has 0 saturated heterocycles. The van der Waals surface area contributed by atoms with Crippen LogP contribution in [0.4, 0.5) is 4.39 Å². The molecule has 0 amide bonds. The molecule has 0 saturated carbocycles. The molecule has 1 aliphatic rings. The Hall–Kier alpha value is -1.90. The highest BCUT2D eigenvalue weighted by molar-refractivity contribution is 5.49. The number of allylic oxidation sites excluding steroid dienone is 1. The van der Waals surface area contributed by atoms with Crippen molar-refractivity contribution >= 4 is 6.08 Å². The van der Waals surface area contributed by atoms with Crippen LogP contribution < -0.4 is 0 Å². The van der Waals surface area contributed by atoms with Crippen LogP contribution in [0.1, 0.15) is 29.0 Å². The van der Waals surface area contributed by atoms with Crippen LogP contribution in [0.25, 0.3) is 6.08 Å². The maximum Gasteiger partial charge on any atom is 0.143 e. The predicted molar refractivity (Wildman–Crippen MR) is 67.7 cm³/mol. The molecular formula is C15H14FNO. The number of hydrogen-bond acceptors (Lipinski definition) is 2. The fourth-order valence-electron chi connectivity index (χ4n) is 2.33. The van der Waals surface area contributed by atoms with Gasteiger partial charge in [0.25, 0.3) is 0 Å². The Bertz CT molecular complexity index is 569. The molecule has 1 aliphatic carbocycles. The van der Waals surface area contributed by atoms with Crippen molar-refractivity contribution in [2.45, 2.75) is 25.7 Å². The van der Waals surface area contributed by atoms with E-state index in [2.05, 4.69) is 5.16 Å². The van der Waals surface area contributed by atoms with Gasteiger partial charge in [-0.2, -0.15) is 0 Å². The lowest BCUT2D eigenvalue weighted by Gasteiger charge is -1.94. The van der Waals surface area contributed by atoms with Gasteiger partial charge in [0.15, 0.2) is 0 Å². The first-order valence-corrected chi connectivity index (χ1v) is 6.21. The highest BCUT2D eigenvalue weighted by Crippen LogP contribution is 2.25. The van der Waals surface area contributed by atoms with Gasteiger partial charge in [0, 0.05) is 12.0 Å². The molecule has 0 radical (unpaired) electrons. The lowest BCUT2D eigenvalue weighted by atomic mass is 10.1. The maximum absolute atomic E-state index is 12.7. The van der Waals surface area contributed by atoms with Crippen LogP contribution in [-0.4, -0.2) is 5.16 Å². The average molecular weight is 243 g/mol. The summed E-state index contributed by atoms with van der Waals surface area (Å²) in [5.41, 5.74) is 3.41. The number of fused-ring (bicyclic) bond motifs is 1. The second kappa shape index (κ2) is 4.77. The van der Waals surface area contributed by atoms with Crippen LogP contribution in [0.15, 0.2) is 34.9 Å². The fraction of sp³-hybridized carbons (Fsp3) is 0.267. The van der Waals surface area contributed by atoms with Crippen molar-refractivity contribution in [1.82, 2.24) is 5.16 Å². The molecule has 92 valence electrons. The first-order chi connectivity index (χ1) is 8.83. The molecule has 1 aromatic carbocycles. The standard InChI is InChI=1S/C15H14FNO/c16-12-9-7-11(8-10-12)3-1-6-15-13-4-2-5-14(13)17-18-15/h1,3,7-10H,2,4-6H2/b3-1-. The Morgan fingerprint density at radius 2 is 2.06 bits per heavy atom. The van der Waals surface area contributed by atoms with E-state index in [0.717, 1.165) is 36.3 Å². The Labute approximate surface area is 105 Å². The normalized spacial score (nSPS) is 14.3. The highest BCUT2D eigenvalue weighted by atomic mass is 19.1. The van der Waals surface area contributed by atoms with E-state index in [9.17, 15) is 4.39 Å². The number of hydrogen-bond donors (Lipinski definition) is 0. The van der Waals surface area contributed by atoms with Gasteiger partial charge in [-0.15, -0.1) is 0 Å². The molecule has 2 nitrogen and oxygen atoms in total. The molecule has 0 atom stereocenters. The Kier molecular flexibility index (Phi) is 2.97. The minimum atomic E-state index is -0.208. The number of benzene rings is 1. The average Bonchev–Trinajstić information content (AvgIpc) is 2.96. The highest BCUT2D eigenvalue weighted by Gasteiger charge is 2.19. The minimum Gasteiger partial charge on any atom is -0.361 e. The van der Waals surface area contributed by atoms with Gasteiger partial charge in [0.05, 0.1) is 5.69 Å². The van der Waals surface area contributed by atoms with Crippen LogP contribution in [0, 0.1) is 5.82 Å². The van der Waals surface area contributed by atoms with Crippen molar-refractivity contribution in [3.8, 4) is 0 Å². The van der Waals surface area contributed by atoms with Gasteiger partial charge >= 0.3 is 0 Å². The molecule has 0 spiro atoms. The number of aryl methyl sites for hydroxylation is 1. The third-order valence-corrected chi connectivity index (χ3v) is 3.27. The van der Waals surface area contributed by atoms with E-state index in [4.69, 9.17) is 4.52 Å². The summed E-state index contributed by atoms with van der Waals surface area (Å²) in [5, 5.41) is 4.08. The Balaban J connectivity index is 1.68. The van der Waals surface area contributed by atoms with Gasteiger partial charge < -0.3 is 4.52 Å². The molecule has 0 aliphatic heterocycles. The van der Waals surface area contributed by atoms with Crippen LogP contribution in [0.3, 0.4) is 0 Å². The first kappa shape index (κ1) is 11.2. The van der Waals surface area contributed by atoms with Crippen LogP contribution >= 0.6 is 0 Å². The SMILES string of the molecule is Fc1ccc(/C=C\Cc2onc3c2CCC3)cc1. The maximum atomic E-state index is 12.7. The topological polar surface area (TPSA) is 26.0 Å². The number of halogens is 1. The first-order valence-electron chi connectivity index (χ1n) is 6.21. The van der Waals surface area contributed by atoms with Gasteiger partial charge in [-0.25, -0.2) is 4.39 Å².